The van der Waals surface area contributed by atoms with Gasteiger partial charge in [0.1, 0.15) is 0 Å². The summed E-state index contributed by atoms with van der Waals surface area (Å²) in [6, 6.07) is 2.23. The smallest absolute Gasteiger partial charge is 0.234 e. The number of thiophene rings is 1. The first-order valence-electron chi connectivity index (χ1n) is 5.15. The first kappa shape index (κ1) is 12.0. The van der Waals surface area contributed by atoms with Crippen LogP contribution in [0.15, 0.2) is 15.9 Å². The van der Waals surface area contributed by atoms with E-state index in [0.29, 0.717) is 19.6 Å². The van der Waals surface area contributed by atoms with Gasteiger partial charge in [-0.1, -0.05) is 0 Å². The number of amides is 1. The summed E-state index contributed by atoms with van der Waals surface area (Å²) in [4.78, 5) is 14.7. The van der Waals surface area contributed by atoms with Crippen molar-refractivity contribution in [3.05, 3.63) is 20.8 Å². The van der Waals surface area contributed by atoms with E-state index in [2.05, 4.69) is 32.2 Å². The lowest BCUT2D eigenvalue weighted by atomic mass is 10.2. The van der Waals surface area contributed by atoms with Crippen LogP contribution in [0.25, 0.3) is 0 Å². The molecule has 3 N–H and O–H groups in total. The van der Waals surface area contributed by atoms with Gasteiger partial charge in [-0.05, 0) is 22.0 Å². The number of nitrogens with one attached hydrogen (secondary N) is 1. The number of nitrogens with two attached hydrogens (primary N) is 1. The van der Waals surface area contributed by atoms with Crippen LogP contribution in [-0.4, -0.2) is 37.0 Å². The summed E-state index contributed by atoms with van der Waals surface area (Å²) in [7, 11) is 0. The first-order chi connectivity index (χ1) is 7.70. The normalized spacial score (nSPS) is 19.5. The minimum atomic E-state index is 0.0836. The molecule has 1 unspecified atom stereocenters. The van der Waals surface area contributed by atoms with Crippen molar-refractivity contribution in [3.63, 3.8) is 0 Å². The predicted octanol–water partition coefficient (Wildman–Crippen LogP) is 0.942. The van der Waals surface area contributed by atoms with E-state index < -0.39 is 0 Å². The Morgan fingerprint density at radius 2 is 2.50 bits per heavy atom. The number of carbonyl (C=O) groups excluding carboxylic acids is 1. The van der Waals surface area contributed by atoms with E-state index in [0.717, 1.165) is 11.0 Å². The molecule has 6 heteroatoms. The van der Waals surface area contributed by atoms with Crippen LogP contribution in [-0.2, 0) is 4.79 Å². The number of hydrogen-bond acceptors (Lipinski definition) is 4. The van der Waals surface area contributed by atoms with E-state index in [1.807, 2.05) is 5.38 Å². The number of nitrogens with zero attached hydrogens (tertiary/aromatic N) is 1. The van der Waals surface area contributed by atoms with Gasteiger partial charge in [0.05, 0.1) is 12.6 Å². The van der Waals surface area contributed by atoms with E-state index in [9.17, 15) is 4.79 Å². The molecule has 0 saturated carbocycles. The molecule has 0 spiro atoms. The van der Waals surface area contributed by atoms with Crippen molar-refractivity contribution in [1.29, 1.82) is 0 Å². The highest BCUT2D eigenvalue weighted by Crippen LogP contribution is 2.29. The van der Waals surface area contributed by atoms with Gasteiger partial charge in [-0.25, -0.2) is 0 Å². The molecule has 2 rings (SSSR count). The van der Waals surface area contributed by atoms with Gasteiger partial charge < -0.3 is 11.1 Å². The van der Waals surface area contributed by atoms with Crippen molar-refractivity contribution in [2.45, 2.75) is 6.04 Å². The molecule has 0 radical (unpaired) electrons. The SMILES string of the molecule is NCC(c1cc(Br)cs1)N1CCNC(=O)C1. The topological polar surface area (TPSA) is 58.4 Å². The van der Waals surface area contributed by atoms with Gasteiger partial charge >= 0.3 is 0 Å². The van der Waals surface area contributed by atoms with Crippen molar-refractivity contribution < 1.29 is 4.79 Å². The van der Waals surface area contributed by atoms with Gasteiger partial charge in [0.15, 0.2) is 0 Å². The quantitative estimate of drug-likeness (QED) is 0.874. The zero-order valence-corrected chi connectivity index (χ0v) is 11.2. The average molecular weight is 304 g/mol. The predicted molar refractivity (Wildman–Crippen MR) is 68.4 cm³/mol. The van der Waals surface area contributed by atoms with Crippen LogP contribution in [0.1, 0.15) is 10.9 Å². The number of carbonyl (C=O) groups is 1. The zero-order valence-electron chi connectivity index (χ0n) is 8.78. The van der Waals surface area contributed by atoms with Crippen molar-refractivity contribution in [2.24, 2.45) is 5.73 Å². The molecular weight excluding hydrogens is 290 g/mol. The average Bonchev–Trinajstić information content (AvgIpc) is 2.66. The Kier molecular flexibility index (Phi) is 3.96. The maximum absolute atomic E-state index is 11.3. The van der Waals surface area contributed by atoms with Gasteiger partial charge in [-0.3, -0.25) is 9.69 Å². The lowest BCUT2D eigenvalue weighted by Gasteiger charge is -2.32. The summed E-state index contributed by atoms with van der Waals surface area (Å²) in [5.74, 6) is 0.0836. The minimum absolute atomic E-state index is 0.0836. The van der Waals surface area contributed by atoms with E-state index in [1.165, 1.54) is 4.88 Å². The monoisotopic (exact) mass is 303 g/mol. The van der Waals surface area contributed by atoms with Crippen molar-refractivity contribution in [1.82, 2.24) is 10.2 Å². The van der Waals surface area contributed by atoms with Crippen LogP contribution in [0.4, 0.5) is 0 Å². The molecule has 1 amide bonds. The van der Waals surface area contributed by atoms with Crippen LogP contribution in [0.5, 0.6) is 0 Å². The van der Waals surface area contributed by atoms with Gasteiger partial charge in [0, 0.05) is 34.4 Å². The molecule has 1 aromatic rings. The van der Waals surface area contributed by atoms with E-state index in [-0.39, 0.29) is 11.9 Å². The molecule has 1 fully saturated rings. The molecule has 1 aliphatic rings. The zero-order chi connectivity index (χ0) is 11.5. The number of halogens is 1. The molecule has 16 heavy (non-hydrogen) atoms. The fourth-order valence-electron chi connectivity index (χ4n) is 1.87. The molecule has 1 aromatic heterocycles. The summed E-state index contributed by atoms with van der Waals surface area (Å²) in [5, 5.41) is 4.86. The highest BCUT2D eigenvalue weighted by Gasteiger charge is 2.25. The summed E-state index contributed by atoms with van der Waals surface area (Å²) in [6.07, 6.45) is 0. The third kappa shape index (κ3) is 2.63. The number of hydrogen-bond donors (Lipinski definition) is 2. The molecule has 4 nitrogen and oxygen atoms in total. The maximum atomic E-state index is 11.3. The first-order valence-corrected chi connectivity index (χ1v) is 6.82. The fraction of sp³-hybridized carbons (Fsp3) is 0.500. The van der Waals surface area contributed by atoms with E-state index in [4.69, 9.17) is 5.73 Å². The van der Waals surface area contributed by atoms with E-state index >= 15 is 0 Å². The van der Waals surface area contributed by atoms with Gasteiger partial charge in [-0.2, -0.15) is 0 Å². The fourth-order valence-corrected chi connectivity index (χ4v) is 3.47. The van der Waals surface area contributed by atoms with Crippen LogP contribution >= 0.6 is 27.3 Å². The highest BCUT2D eigenvalue weighted by atomic mass is 79.9. The maximum Gasteiger partial charge on any atom is 0.234 e. The second kappa shape index (κ2) is 5.27. The third-order valence-electron chi connectivity index (χ3n) is 2.65. The Balaban J connectivity index is 2.12. The Hall–Kier alpha value is -0.430. The van der Waals surface area contributed by atoms with Crippen molar-refractivity contribution >= 4 is 33.2 Å². The van der Waals surface area contributed by atoms with Crippen molar-refractivity contribution in [2.75, 3.05) is 26.2 Å². The Morgan fingerprint density at radius 1 is 1.69 bits per heavy atom. The summed E-state index contributed by atoms with van der Waals surface area (Å²) in [6.45, 7) is 2.56. The third-order valence-corrected chi connectivity index (χ3v) is 4.44. The molecular formula is C10H14BrN3OS. The van der Waals surface area contributed by atoms with Crippen LogP contribution < -0.4 is 11.1 Å². The molecule has 1 atom stereocenters. The summed E-state index contributed by atoms with van der Waals surface area (Å²) in [5.41, 5.74) is 5.81. The molecule has 1 saturated heterocycles. The Bertz CT molecular complexity index is 382. The van der Waals surface area contributed by atoms with Gasteiger partial charge in [-0.15, -0.1) is 11.3 Å². The molecule has 88 valence electrons. The summed E-state index contributed by atoms with van der Waals surface area (Å²) >= 11 is 5.11. The number of rotatable bonds is 3. The standard InChI is InChI=1S/C10H14BrN3OS/c11-7-3-9(16-6-7)8(4-12)14-2-1-13-10(15)5-14/h3,6,8H,1-2,4-5,12H2,(H,13,15). The minimum Gasteiger partial charge on any atom is -0.354 e. The van der Waals surface area contributed by atoms with Gasteiger partial charge in [0.2, 0.25) is 5.91 Å². The largest absolute Gasteiger partial charge is 0.354 e. The van der Waals surface area contributed by atoms with Crippen LogP contribution in [0.2, 0.25) is 0 Å². The Labute approximate surface area is 107 Å². The van der Waals surface area contributed by atoms with Gasteiger partial charge in [0.25, 0.3) is 0 Å². The lowest BCUT2D eigenvalue weighted by Crippen LogP contribution is -2.50. The lowest BCUT2D eigenvalue weighted by molar-refractivity contribution is -0.124. The summed E-state index contributed by atoms with van der Waals surface area (Å²) < 4.78 is 1.08. The van der Waals surface area contributed by atoms with Crippen LogP contribution in [0.3, 0.4) is 0 Å². The molecule has 2 heterocycles. The van der Waals surface area contributed by atoms with Crippen molar-refractivity contribution in [3.8, 4) is 0 Å². The molecule has 0 aromatic carbocycles. The molecule has 0 aliphatic carbocycles. The molecule has 0 bridgehead atoms. The second-order valence-corrected chi connectivity index (χ2v) is 5.60. The highest BCUT2D eigenvalue weighted by molar-refractivity contribution is 9.10. The molecule has 1 aliphatic heterocycles. The van der Waals surface area contributed by atoms with E-state index in [1.54, 1.807) is 11.3 Å². The van der Waals surface area contributed by atoms with Crippen LogP contribution in [0, 0.1) is 0 Å². The second-order valence-electron chi connectivity index (χ2n) is 3.74. The Morgan fingerprint density at radius 3 is 3.06 bits per heavy atom. The number of piperazine rings is 1.